The normalized spacial score (nSPS) is 16.0. The van der Waals surface area contributed by atoms with Crippen LogP contribution in [0.4, 0.5) is 10.5 Å². The van der Waals surface area contributed by atoms with Gasteiger partial charge in [0.25, 0.3) is 5.91 Å². The van der Waals surface area contributed by atoms with Crippen molar-refractivity contribution in [3.63, 3.8) is 0 Å². The Hall–Kier alpha value is -2.77. The molecule has 4 amide bonds. The molecule has 0 spiro atoms. The van der Waals surface area contributed by atoms with Gasteiger partial charge < -0.3 is 15.4 Å². The highest BCUT2D eigenvalue weighted by atomic mass is 35.5. The SMILES string of the molecule is COc1ccc(CN2C(=O)N[C@H](CCC(=O)Nc3cc(Cl)cc(Cl)c3)C2=O)cc1. The Morgan fingerprint density at radius 3 is 2.41 bits per heavy atom. The maximum atomic E-state index is 12.6. The Balaban J connectivity index is 1.54. The van der Waals surface area contributed by atoms with Crippen LogP contribution in [-0.4, -0.2) is 35.9 Å². The lowest BCUT2D eigenvalue weighted by molar-refractivity contribution is -0.128. The summed E-state index contributed by atoms with van der Waals surface area (Å²) in [6.07, 6.45) is 0.237. The standard InChI is InChI=1S/C20H19Cl2N3O4/c1-29-16-4-2-12(3-5-16)11-25-19(27)17(24-20(25)28)6-7-18(26)23-15-9-13(21)8-14(22)10-15/h2-5,8-10,17H,6-7,11H2,1H3,(H,23,26)(H,24,28)/t17-/m1/s1. The van der Waals surface area contributed by atoms with Crippen LogP contribution in [0, 0.1) is 0 Å². The number of rotatable bonds is 7. The monoisotopic (exact) mass is 435 g/mol. The van der Waals surface area contributed by atoms with E-state index in [-0.39, 0.29) is 31.2 Å². The van der Waals surface area contributed by atoms with Gasteiger partial charge in [0.2, 0.25) is 5.91 Å². The second kappa shape index (κ2) is 9.15. The minimum atomic E-state index is -0.741. The van der Waals surface area contributed by atoms with Gasteiger partial charge in [0, 0.05) is 22.2 Å². The Morgan fingerprint density at radius 1 is 1.14 bits per heavy atom. The summed E-state index contributed by atoms with van der Waals surface area (Å²) in [5.41, 5.74) is 1.26. The lowest BCUT2D eigenvalue weighted by Gasteiger charge is -2.13. The smallest absolute Gasteiger partial charge is 0.325 e. The van der Waals surface area contributed by atoms with Crippen molar-refractivity contribution in [3.8, 4) is 5.75 Å². The van der Waals surface area contributed by atoms with Crippen LogP contribution in [-0.2, 0) is 16.1 Å². The molecule has 1 aliphatic rings. The summed E-state index contributed by atoms with van der Waals surface area (Å²) in [6.45, 7) is 0.151. The van der Waals surface area contributed by atoms with Crippen molar-refractivity contribution in [3.05, 3.63) is 58.1 Å². The molecule has 0 unspecified atom stereocenters. The van der Waals surface area contributed by atoms with Crippen LogP contribution in [0.3, 0.4) is 0 Å². The van der Waals surface area contributed by atoms with E-state index in [2.05, 4.69) is 10.6 Å². The van der Waals surface area contributed by atoms with E-state index in [4.69, 9.17) is 27.9 Å². The second-order valence-electron chi connectivity index (χ2n) is 6.52. The fraction of sp³-hybridized carbons (Fsp3) is 0.250. The summed E-state index contributed by atoms with van der Waals surface area (Å²) in [4.78, 5) is 38.0. The number of benzene rings is 2. The van der Waals surface area contributed by atoms with Crippen molar-refractivity contribution >= 4 is 46.7 Å². The molecule has 0 saturated carbocycles. The Labute approximate surface area is 177 Å². The molecule has 29 heavy (non-hydrogen) atoms. The van der Waals surface area contributed by atoms with Gasteiger partial charge in [-0.15, -0.1) is 0 Å². The highest BCUT2D eigenvalue weighted by Gasteiger charge is 2.37. The van der Waals surface area contributed by atoms with Crippen LogP contribution in [0.2, 0.25) is 10.0 Å². The molecule has 152 valence electrons. The molecule has 9 heteroatoms. The van der Waals surface area contributed by atoms with Crippen LogP contribution >= 0.6 is 23.2 Å². The highest BCUT2D eigenvalue weighted by molar-refractivity contribution is 6.35. The predicted molar refractivity (Wildman–Crippen MR) is 110 cm³/mol. The summed E-state index contributed by atoms with van der Waals surface area (Å²) in [5.74, 6) is 0.0271. The number of ether oxygens (including phenoxy) is 1. The molecule has 7 nitrogen and oxygen atoms in total. The number of amides is 4. The van der Waals surface area contributed by atoms with Gasteiger partial charge in [0.1, 0.15) is 11.8 Å². The Bertz CT molecular complexity index is 914. The number of nitrogens with one attached hydrogen (secondary N) is 2. The van der Waals surface area contributed by atoms with Crippen LogP contribution in [0.25, 0.3) is 0 Å². The second-order valence-corrected chi connectivity index (χ2v) is 7.39. The number of nitrogens with zero attached hydrogens (tertiary/aromatic N) is 1. The molecule has 0 aliphatic carbocycles. The molecular formula is C20H19Cl2N3O4. The van der Waals surface area contributed by atoms with Crippen molar-refractivity contribution in [2.75, 3.05) is 12.4 Å². The van der Waals surface area contributed by atoms with Crippen molar-refractivity contribution in [1.82, 2.24) is 10.2 Å². The molecule has 2 N–H and O–H groups in total. The van der Waals surface area contributed by atoms with E-state index in [0.717, 1.165) is 10.5 Å². The topological polar surface area (TPSA) is 87.7 Å². The summed E-state index contributed by atoms with van der Waals surface area (Å²) in [6, 6.07) is 10.6. The van der Waals surface area contributed by atoms with Crippen molar-refractivity contribution < 1.29 is 19.1 Å². The lowest BCUT2D eigenvalue weighted by Crippen LogP contribution is -2.31. The van der Waals surface area contributed by atoms with E-state index in [9.17, 15) is 14.4 Å². The van der Waals surface area contributed by atoms with E-state index in [1.807, 2.05) is 0 Å². The van der Waals surface area contributed by atoms with Gasteiger partial charge in [-0.05, 0) is 42.3 Å². The zero-order valence-corrected chi connectivity index (χ0v) is 17.1. The van der Waals surface area contributed by atoms with Crippen molar-refractivity contribution in [2.45, 2.75) is 25.4 Å². The van der Waals surface area contributed by atoms with Crippen molar-refractivity contribution in [1.29, 1.82) is 0 Å². The van der Waals surface area contributed by atoms with Gasteiger partial charge in [0.15, 0.2) is 0 Å². The maximum Gasteiger partial charge on any atom is 0.325 e. The Kier molecular flexibility index (Phi) is 6.61. The van der Waals surface area contributed by atoms with Crippen LogP contribution in [0.5, 0.6) is 5.75 Å². The summed E-state index contributed by atoms with van der Waals surface area (Å²) < 4.78 is 5.10. The first-order chi connectivity index (χ1) is 13.9. The zero-order chi connectivity index (χ0) is 21.0. The molecule has 1 fully saturated rings. The Morgan fingerprint density at radius 2 is 1.79 bits per heavy atom. The van der Waals surface area contributed by atoms with Gasteiger partial charge in [0.05, 0.1) is 13.7 Å². The molecule has 0 radical (unpaired) electrons. The number of halogens is 2. The summed E-state index contributed by atoms with van der Waals surface area (Å²) >= 11 is 11.8. The number of urea groups is 1. The van der Waals surface area contributed by atoms with Gasteiger partial charge in [-0.2, -0.15) is 0 Å². The van der Waals surface area contributed by atoms with E-state index in [1.165, 1.54) is 0 Å². The molecule has 0 bridgehead atoms. The fourth-order valence-electron chi connectivity index (χ4n) is 2.96. The first-order valence-electron chi connectivity index (χ1n) is 8.86. The van der Waals surface area contributed by atoms with Gasteiger partial charge in [-0.25, -0.2) is 4.79 Å². The number of hydrogen-bond acceptors (Lipinski definition) is 4. The molecule has 3 rings (SSSR count). The minimum Gasteiger partial charge on any atom is -0.497 e. The van der Waals surface area contributed by atoms with Gasteiger partial charge >= 0.3 is 6.03 Å². The number of anilines is 1. The molecule has 0 aromatic heterocycles. The maximum absolute atomic E-state index is 12.6. The third-order valence-corrected chi connectivity index (χ3v) is 4.85. The van der Waals surface area contributed by atoms with E-state index in [0.29, 0.717) is 21.5 Å². The first-order valence-corrected chi connectivity index (χ1v) is 9.62. The fourth-order valence-corrected chi connectivity index (χ4v) is 3.49. The number of hydrogen-bond donors (Lipinski definition) is 2. The molecule has 1 aliphatic heterocycles. The molecule has 1 heterocycles. The van der Waals surface area contributed by atoms with Crippen LogP contribution in [0.15, 0.2) is 42.5 Å². The average molecular weight is 436 g/mol. The number of methoxy groups -OCH3 is 1. The number of carbonyl (C=O) groups excluding carboxylic acids is 3. The predicted octanol–water partition coefficient (Wildman–Crippen LogP) is 3.84. The quantitative estimate of drug-likeness (QED) is 0.646. The zero-order valence-electron chi connectivity index (χ0n) is 15.6. The van der Waals surface area contributed by atoms with Gasteiger partial charge in [-0.3, -0.25) is 14.5 Å². The summed E-state index contributed by atoms with van der Waals surface area (Å²) in [5, 5.41) is 6.11. The van der Waals surface area contributed by atoms with E-state index in [1.54, 1.807) is 49.6 Å². The molecule has 2 aromatic rings. The molecule has 1 atom stereocenters. The first kappa shape index (κ1) is 21.0. The van der Waals surface area contributed by atoms with Crippen molar-refractivity contribution in [2.24, 2.45) is 0 Å². The van der Waals surface area contributed by atoms with Crippen LogP contribution < -0.4 is 15.4 Å². The number of imide groups is 1. The largest absolute Gasteiger partial charge is 0.497 e. The third kappa shape index (κ3) is 5.40. The molecular weight excluding hydrogens is 417 g/mol. The third-order valence-electron chi connectivity index (χ3n) is 4.41. The highest BCUT2D eigenvalue weighted by Crippen LogP contribution is 2.23. The molecule has 1 saturated heterocycles. The number of carbonyl (C=O) groups is 3. The minimum absolute atomic E-state index is 0.0528. The van der Waals surface area contributed by atoms with Crippen LogP contribution in [0.1, 0.15) is 18.4 Å². The van der Waals surface area contributed by atoms with Gasteiger partial charge in [-0.1, -0.05) is 35.3 Å². The lowest BCUT2D eigenvalue weighted by atomic mass is 10.1. The average Bonchev–Trinajstić information content (AvgIpc) is 2.93. The summed E-state index contributed by atoms with van der Waals surface area (Å²) in [7, 11) is 1.56. The van der Waals surface area contributed by atoms with E-state index < -0.39 is 12.1 Å². The molecule has 2 aromatic carbocycles. The van der Waals surface area contributed by atoms with E-state index >= 15 is 0 Å².